The van der Waals surface area contributed by atoms with Crippen LogP contribution in [-0.2, 0) is 18.5 Å². The average Bonchev–Trinajstić information content (AvgIpc) is 3.13. The van der Waals surface area contributed by atoms with Crippen LogP contribution in [0, 0.1) is 13.8 Å². The van der Waals surface area contributed by atoms with Gasteiger partial charge < -0.3 is 15.1 Å². The van der Waals surface area contributed by atoms with Crippen LogP contribution in [0.3, 0.4) is 0 Å². The molecular formula is C18H30N6O. The van der Waals surface area contributed by atoms with Crippen LogP contribution in [0.25, 0.3) is 0 Å². The van der Waals surface area contributed by atoms with Crippen molar-refractivity contribution < 1.29 is 4.42 Å². The Morgan fingerprint density at radius 3 is 2.60 bits per heavy atom. The first-order valence-corrected chi connectivity index (χ1v) is 8.70. The number of oxazole rings is 1. The van der Waals surface area contributed by atoms with Crippen molar-refractivity contribution in [3.8, 4) is 0 Å². The topological polar surface area (TPSA) is 80.3 Å². The first kappa shape index (κ1) is 19.0. The lowest BCUT2D eigenvalue weighted by molar-refractivity contribution is 0.379. The molecule has 7 nitrogen and oxygen atoms in total. The molecule has 0 aliphatic rings. The molecule has 0 spiro atoms. The predicted molar refractivity (Wildman–Crippen MR) is 99.7 cm³/mol. The molecule has 0 amide bonds. The van der Waals surface area contributed by atoms with E-state index in [4.69, 9.17) is 4.42 Å². The monoisotopic (exact) mass is 346 g/mol. The maximum absolute atomic E-state index is 5.77. The summed E-state index contributed by atoms with van der Waals surface area (Å²) in [5.41, 5.74) is 2.22. The summed E-state index contributed by atoms with van der Waals surface area (Å²) in [6.07, 6.45) is 2.76. The van der Waals surface area contributed by atoms with Crippen molar-refractivity contribution in [2.45, 2.75) is 59.5 Å². The van der Waals surface area contributed by atoms with Crippen molar-refractivity contribution >= 4 is 5.96 Å². The standard InChI is InChI=1S/C18H30N6O/c1-13-10-14(2)24(23-13)9-7-8-20-17(19-6)22-12-16-21-11-15(25-16)18(3,4)5/h10-11H,7-9,12H2,1-6H3,(H2,19,20,22). The molecule has 0 saturated heterocycles. The van der Waals surface area contributed by atoms with E-state index in [0.717, 1.165) is 36.9 Å². The Morgan fingerprint density at radius 1 is 1.28 bits per heavy atom. The molecule has 138 valence electrons. The SMILES string of the molecule is CN=C(NCCCn1nc(C)cc1C)NCc1ncc(C(C)(C)C)o1. The maximum Gasteiger partial charge on any atom is 0.213 e. The van der Waals surface area contributed by atoms with Gasteiger partial charge in [-0.2, -0.15) is 5.10 Å². The molecule has 0 atom stereocenters. The number of nitrogens with one attached hydrogen (secondary N) is 2. The van der Waals surface area contributed by atoms with Crippen molar-refractivity contribution in [2.24, 2.45) is 4.99 Å². The largest absolute Gasteiger partial charge is 0.443 e. The van der Waals surface area contributed by atoms with Gasteiger partial charge in [0.15, 0.2) is 5.96 Å². The summed E-state index contributed by atoms with van der Waals surface area (Å²) in [6, 6.07) is 2.09. The van der Waals surface area contributed by atoms with Crippen LogP contribution in [0.5, 0.6) is 0 Å². The van der Waals surface area contributed by atoms with Crippen molar-refractivity contribution in [1.29, 1.82) is 0 Å². The van der Waals surface area contributed by atoms with E-state index in [2.05, 4.69) is 59.5 Å². The molecule has 0 bridgehead atoms. The van der Waals surface area contributed by atoms with Gasteiger partial charge in [-0.3, -0.25) is 9.67 Å². The number of guanidine groups is 1. The van der Waals surface area contributed by atoms with Crippen LogP contribution in [0.1, 0.15) is 50.2 Å². The van der Waals surface area contributed by atoms with Gasteiger partial charge in [-0.1, -0.05) is 20.8 Å². The Balaban J connectivity index is 1.73. The van der Waals surface area contributed by atoms with Gasteiger partial charge in [-0.05, 0) is 26.3 Å². The van der Waals surface area contributed by atoms with E-state index in [9.17, 15) is 0 Å². The summed E-state index contributed by atoms with van der Waals surface area (Å²) in [4.78, 5) is 8.54. The smallest absolute Gasteiger partial charge is 0.213 e. The number of nitrogens with zero attached hydrogens (tertiary/aromatic N) is 4. The minimum Gasteiger partial charge on any atom is -0.443 e. The number of hydrogen-bond acceptors (Lipinski definition) is 4. The Bertz CT molecular complexity index is 707. The highest BCUT2D eigenvalue weighted by molar-refractivity contribution is 5.79. The van der Waals surface area contributed by atoms with Crippen LogP contribution in [0.15, 0.2) is 21.7 Å². The van der Waals surface area contributed by atoms with Gasteiger partial charge in [-0.15, -0.1) is 0 Å². The molecule has 2 heterocycles. The van der Waals surface area contributed by atoms with Crippen LogP contribution in [0.4, 0.5) is 0 Å². The first-order chi connectivity index (χ1) is 11.8. The van der Waals surface area contributed by atoms with Gasteiger partial charge in [0.05, 0.1) is 18.4 Å². The van der Waals surface area contributed by atoms with Crippen LogP contribution < -0.4 is 10.6 Å². The summed E-state index contributed by atoms with van der Waals surface area (Å²) < 4.78 is 7.81. The van der Waals surface area contributed by atoms with Gasteiger partial charge >= 0.3 is 0 Å². The lowest BCUT2D eigenvalue weighted by atomic mass is 9.94. The normalized spacial score (nSPS) is 12.5. The average molecular weight is 346 g/mol. The molecular weight excluding hydrogens is 316 g/mol. The molecule has 7 heteroatoms. The van der Waals surface area contributed by atoms with Crippen molar-refractivity contribution in [3.05, 3.63) is 35.3 Å². The fourth-order valence-electron chi connectivity index (χ4n) is 2.46. The Labute approximate surface area is 149 Å². The van der Waals surface area contributed by atoms with Gasteiger partial charge in [0.25, 0.3) is 0 Å². The third-order valence-corrected chi connectivity index (χ3v) is 3.87. The van der Waals surface area contributed by atoms with E-state index < -0.39 is 0 Å². The highest BCUT2D eigenvalue weighted by Crippen LogP contribution is 2.22. The Kier molecular flexibility index (Phi) is 6.22. The molecule has 2 rings (SSSR count). The Morgan fingerprint density at radius 2 is 2.04 bits per heavy atom. The van der Waals surface area contributed by atoms with Crippen molar-refractivity contribution in [1.82, 2.24) is 25.4 Å². The maximum atomic E-state index is 5.77. The van der Waals surface area contributed by atoms with Crippen LogP contribution >= 0.6 is 0 Å². The van der Waals surface area contributed by atoms with E-state index >= 15 is 0 Å². The summed E-state index contributed by atoms with van der Waals surface area (Å²) in [7, 11) is 1.76. The second kappa shape index (κ2) is 8.18. The molecule has 2 N–H and O–H groups in total. The third kappa shape index (κ3) is 5.62. The fraction of sp³-hybridized carbons (Fsp3) is 0.611. The molecule has 0 aromatic carbocycles. The number of aliphatic imine (C=N–C) groups is 1. The number of aryl methyl sites for hydroxylation is 3. The zero-order valence-electron chi connectivity index (χ0n) is 16.2. The number of aromatic nitrogens is 3. The highest BCUT2D eigenvalue weighted by atomic mass is 16.4. The van der Waals surface area contributed by atoms with E-state index in [0.29, 0.717) is 12.4 Å². The van der Waals surface area contributed by atoms with E-state index in [1.54, 1.807) is 13.2 Å². The molecule has 0 unspecified atom stereocenters. The molecule has 25 heavy (non-hydrogen) atoms. The van der Waals surface area contributed by atoms with E-state index in [-0.39, 0.29) is 5.41 Å². The van der Waals surface area contributed by atoms with Crippen LogP contribution in [0.2, 0.25) is 0 Å². The number of rotatable bonds is 6. The molecule has 2 aromatic rings. The molecule has 0 radical (unpaired) electrons. The van der Waals surface area contributed by atoms with Crippen molar-refractivity contribution in [3.63, 3.8) is 0 Å². The lowest BCUT2D eigenvalue weighted by Gasteiger charge is -2.13. The Hall–Kier alpha value is -2.31. The minimum atomic E-state index is -0.0336. The van der Waals surface area contributed by atoms with E-state index in [1.165, 1.54) is 5.69 Å². The molecule has 2 aromatic heterocycles. The summed E-state index contributed by atoms with van der Waals surface area (Å²) in [5.74, 6) is 2.29. The summed E-state index contributed by atoms with van der Waals surface area (Å²) in [5, 5.41) is 11.0. The molecule has 0 fully saturated rings. The van der Waals surface area contributed by atoms with Gasteiger partial charge in [0.2, 0.25) is 5.89 Å². The van der Waals surface area contributed by atoms with Gasteiger partial charge in [-0.25, -0.2) is 4.98 Å². The quantitative estimate of drug-likeness (QED) is 0.477. The third-order valence-electron chi connectivity index (χ3n) is 3.87. The molecule has 0 aliphatic carbocycles. The van der Waals surface area contributed by atoms with E-state index in [1.807, 2.05) is 11.6 Å². The molecule has 0 saturated carbocycles. The highest BCUT2D eigenvalue weighted by Gasteiger charge is 2.19. The van der Waals surface area contributed by atoms with Crippen LogP contribution in [-0.4, -0.2) is 34.3 Å². The minimum absolute atomic E-state index is 0.0336. The summed E-state index contributed by atoms with van der Waals surface area (Å²) >= 11 is 0. The zero-order chi connectivity index (χ0) is 18.4. The summed E-state index contributed by atoms with van der Waals surface area (Å²) in [6.45, 7) is 12.6. The van der Waals surface area contributed by atoms with Crippen molar-refractivity contribution in [2.75, 3.05) is 13.6 Å². The second-order valence-corrected chi connectivity index (χ2v) is 7.22. The lowest BCUT2D eigenvalue weighted by Crippen LogP contribution is -2.37. The first-order valence-electron chi connectivity index (χ1n) is 8.70. The second-order valence-electron chi connectivity index (χ2n) is 7.22. The zero-order valence-corrected chi connectivity index (χ0v) is 16.2. The molecule has 0 aliphatic heterocycles. The predicted octanol–water partition coefficient (Wildman–Crippen LogP) is 2.54. The number of hydrogen-bond donors (Lipinski definition) is 2. The fourth-order valence-corrected chi connectivity index (χ4v) is 2.46. The van der Waals surface area contributed by atoms with Gasteiger partial charge in [0, 0.05) is 31.2 Å². The van der Waals surface area contributed by atoms with Gasteiger partial charge in [0.1, 0.15) is 5.76 Å².